The van der Waals surface area contributed by atoms with Crippen molar-refractivity contribution in [3.05, 3.63) is 59.7 Å². The number of carbonyl (C=O) groups excluding carboxylic acids is 2. The molecule has 6 nitrogen and oxygen atoms in total. The molecule has 9 heteroatoms. The zero-order valence-electron chi connectivity index (χ0n) is 14.3. The minimum absolute atomic E-state index is 0.0218. The van der Waals surface area contributed by atoms with Crippen LogP contribution in [0.5, 0.6) is 0 Å². The summed E-state index contributed by atoms with van der Waals surface area (Å²) in [6.45, 7) is 1.51. The van der Waals surface area contributed by atoms with Gasteiger partial charge >= 0.3 is 6.18 Å². The fourth-order valence-electron chi connectivity index (χ4n) is 2.10. The van der Waals surface area contributed by atoms with E-state index in [1.165, 1.54) is 31.2 Å². The van der Waals surface area contributed by atoms with Crippen molar-refractivity contribution in [2.24, 2.45) is 5.10 Å². The van der Waals surface area contributed by atoms with Crippen LogP contribution in [-0.2, 0) is 11.0 Å². The number of hydrogen-bond donors (Lipinski definition) is 3. The molecule has 0 aliphatic heterocycles. The second kappa shape index (κ2) is 8.35. The van der Waals surface area contributed by atoms with E-state index in [1.54, 1.807) is 12.1 Å². The number of nitrogen functional groups attached to an aromatic ring is 1. The molecule has 0 bridgehead atoms. The summed E-state index contributed by atoms with van der Waals surface area (Å²) >= 11 is 0. The number of halogens is 3. The number of nitrogens with two attached hydrogens (primary N) is 1. The average molecular weight is 378 g/mol. The Kier molecular flexibility index (Phi) is 6.17. The lowest BCUT2D eigenvalue weighted by Gasteiger charge is -2.10. The lowest BCUT2D eigenvalue weighted by Crippen LogP contribution is -2.21. The first-order valence-corrected chi connectivity index (χ1v) is 7.81. The number of nitrogens with one attached hydrogen (secondary N) is 2. The Morgan fingerprint density at radius 1 is 1.11 bits per heavy atom. The van der Waals surface area contributed by atoms with E-state index in [9.17, 15) is 22.8 Å². The van der Waals surface area contributed by atoms with Gasteiger partial charge in [0.2, 0.25) is 5.91 Å². The topological polar surface area (TPSA) is 96.6 Å². The minimum atomic E-state index is -4.50. The van der Waals surface area contributed by atoms with E-state index >= 15 is 0 Å². The first kappa shape index (κ1) is 20.0. The van der Waals surface area contributed by atoms with Crippen LogP contribution in [0.15, 0.2) is 53.6 Å². The third-order valence-electron chi connectivity index (χ3n) is 3.41. The Bertz CT molecular complexity index is 862. The highest BCUT2D eigenvalue weighted by Crippen LogP contribution is 2.30. The number of nitrogens with zero attached hydrogens (tertiary/aromatic N) is 1. The van der Waals surface area contributed by atoms with Crippen LogP contribution in [0.1, 0.15) is 29.3 Å². The van der Waals surface area contributed by atoms with Gasteiger partial charge in [-0.2, -0.15) is 18.3 Å². The smallest absolute Gasteiger partial charge is 0.399 e. The van der Waals surface area contributed by atoms with Gasteiger partial charge in [0.1, 0.15) is 0 Å². The Morgan fingerprint density at radius 3 is 2.41 bits per heavy atom. The van der Waals surface area contributed by atoms with Crippen molar-refractivity contribution in [3.8, 4) is 0 Å². The summed E-state index contributed by atoms with van der Waals surface area (Å²) in [5.74, 6) is -1.04. The molecule has 0 radical (unpaired) electrons. The number of rotatable bonds is 5. The summed E-state index contributed by atoms with van der Waals surface area (Å²) in [7, 11) is 0. The lowest BCUT2D eigenvalue weighted by atomic mass is 10.2. The first-order chi connectivity index (χ1) is 12.6. The molecule has 0 fully saturated rings. The van der Waals surface area contributed by atoms with E-state index in [-0.39, 0.29) is 17.8 Å². The molecule has 0 spiro atoms. The zero-order valence-corrected chi connectivity index (χ0v) is 14.3. The van der Waals surface area contributed by atoms with E-state index < -0.39 is 23.6 Å². The second-order valence-corrected chi connectivity index (χ2v) is 5.71. The highest BCUT2D eigenvalue weighted by atomic mass is 19.4. The van der Waals surface area contributed by atoms with Crippen LogP contribution in [-0.4, -0.2) is 17.5 Å². The fourth-order valence-corrected chi connectivity index (χ4v) is 2.10. The van der Waals surface area contributed by atoms with Gasteiger partial charge in [-0.15, -0.1) is 0 Å². The van der Waals surface area contributed by atoms with Gasteiger partial charge in [0.15, 0.2) is 0 Å². The maximum Gasteiger partial charge on any atom is 0.416 e. The van der Waals surface area contributed by atoms with Crippen LogP contribution in [0, 0.1) is 0 Å². The van der Waals surface area contributed by atoms with Gasteiger partial charge in [-0.1, -0.05) is 6.07 Å². The monoisotopic (exact) mass is 378 g/mol. The molecule has 2 aromatic carbocycles. The minimum Gasteiger partial charge on any atom is -0.399 e. The van der Waals surface area contributed by atoms with Crippen LogP contribution >= 0.6 is 0 Å². The van der Waals surface area contributed by atoms with E-state index in [0.717, 1.165) is 12.1 Å². The van der Waals surface area contributed by atoms with Gasteiger partial charge in [-0.05, 0) is 49.4 Å². The molecule has 0 atom stereocenters. The summed E-state index contributed by atoms with van der Waals surface area (Å²) in [4.78, 5) is 23.8. The van der Waals surface area contributed by atoms with E-state index in [0.29, 0.717) is 11.3 Å². The molecule has 0 aliphatic carbocycles. The maximum absolute atomic E-state index is 12.7. The van der Waals surface area contributed by atoms with Gasteiger partial charge in [-0.25, -0.2) is 5.43 Å². The molecule has 142 valence electrons. The molecule has 0 aliphatic rings. The van der Waals surface area contributed by atoms with Gasteiger partial charge in [0, 0.05) is 22.6 Å². The Balaban J connectivity index is 1.92. The third-order valence-corrected chi connectivity index (χ3v) is 3.41. The van der Waals surface area contributed by atoms with E-state index in [1.807, 2.05) is 0 Å². The molecule has 2 aromatic rings. The summed E-state index contributed by atoms with van der Waals surface area (Å²) in [5.41, 5.74) is 8.13. The Labute approximate surface area is 153 Å². The molecule has 0 saturated heterocycles. The van der Waals surface area contributed by atoms with Crippen LogP contribution in [0.4, 0.5) is 24.5 Å². The molecule has 0 heterocycles. The Morgan fingerprint density at radius 2 is 1.78 bits per heavy atom. The SMILES string of the molecule is CC(CC(=O)Nc1cccc(C(F)(F)F)c1)=NNC(=O)c1ccc(N)cc1. The number of hydrazone groups is 1. The van der Waals surface area contributed by atoms with Gasteiger partial charge in [-0.3, -0.25) is 9.59 Å². The fraction of sp³-hybridized carbons (Fsp3) is 0.167. The van der Waals surface area contributed by atoms with Gasteiger partial charge in [0.25, 0.3) is 5.91 Å². The van der Waals surface area contributed by atoms with Crippen LogP contribution in [0.3, 0.4) is 0 Å². The molecule has 2 amide bonds. The maximum atomic E-state index is 12.7. The number of benzene rings is 2. The van der Waals surface area contributed by atoms with Crippen molar-refractivity contribution in [2.45, 2.75) is 19.5 Å². The number of alkyl halides is 3. The van der Waals surface area contributed by atoms with Crippen molar-refractivity contribution in [3.63, 3.8) is 0 Å². The highest BCUT2D eigenvalue weighted by Gasteiger charge is 2.30. The molecule has 4 N–H and O–H groups in total. The molecule has 0 saturated carbocycles. The molecule has 0 aromatic heterocycles. The standard InChI is InChI=1S/C18H17F3N4O2/c1-11(24-25-17(27)12-5-7-14(22)8-6-12)9-16(26)23-15-4-2-3-13(10-15)18(19,20)21/h2-8,10H,9,22H2,1H3,(H,23,26)(H,25,27). The summed E-state index contributed by atoms with van der Waals surface area (Å²) in [5, 5.41) is 6.17. The molecule has 27 heavy (non-hydrogen) atoms. The third kappa shape index (κ3) is 6.14. The second-order valence-electron chi connectivity index (χ2n) is 5.71. The molecule has 2 rings (SSSR count). The highest BCUT2D eigenvalue weighted by molar-refractivity contribution is 6.06. The van der Waals surface area contributed by atoms with E-state index in [4.69, 9.17) is 5.73 Å². The summed E-state index contributed by atoms with van der Waals surface area (Å²) in [6, 6.07) is 10.5. The predicted octanol–water partition coefficient (Wildman–Crippen LogP) is 3.42. The first-order valence-electron chi connectivity index (χ1n) is 7.81. The molecular formula is C18H17F3N4O2. The largest absolute Gasteiger partial charge is 0.416 e. The quantitative estimate of drug-likeness (QED) is 0.422. The number of hydrogen-bond acceptors (Lipinski definition) is 4. The normalized spacial score (nSPS) is 11.8. The van der Waals surface area contributed by atoms with Crippen LogP contribution < -0.4 is 16.5 Å². The number of amides is 2. The van der Waals surface area contributed by atoms with Crippen molar-refractivity contribution < 1.29 is 22.8 Å². The lowest BCUT2D eigenvalue weighted by molar-refractivity contribution is -0.137. The number of anilines is 2. The van der Waals surface area contributed by atoms with Crippen LogP contribution in [0.2, 0.25) is 0 Å². The average Bonchev–Trinajstić information content (AvgIpc) is 2.59. The number of carbonyl (C=O) groups is 2. The van der Waals surface area contributed by atoms with Gasteiger partial charge < -0.3 is 11.1 Å². The summed E-state index contributed by atoms with van der Waals surface area (Å²) < 4.78 is 38.0. The van der Waals surface area contributed by atoms with Crippen molar-refractivity contribution in [1.82, 2.24) is 5.43 Å². The molecule has 0 unspecified atom stereocenters. The van der Waals surface area contributed by atoms with Gasteiger partial charge in [0.05, 0.1) is 12.0 Å². The summed E-state index contributed by atoms with van der Waals surface area (Å²) in [6.07, 6.45) is -4.69. The van der Waals surface area contributed by atoms with Crippen molar-refractivity contribution in [1.29, 1.82) is 0 Å². The Hall–Kier alpha value is -3.36. The van der Waals surface area contributed by atoms with Crippen molar-refractivity contribution >= 4 is 28.9 Å². The van der Waals surface area contributed by atoms with Crippen molar-refractivity contribution in [2.75, 3.05) is 11.1 Å². The van der Waals surface area contributed by atoms with E-state index in [2.05, 4.69) is 15.8 Å². The molecular weight excluding hydrogens is 361 g/mol. The van der Waals surface area contributed by atoms with Crippen LogP contribution in [0.25, 0.3) is 0 Å². The zero-order chi connectivity index (χ0) is 20.0. The predicted molar refractivity (Wildman–Crippen MR) is 96.1 cm³/mol.